The third-order valence-electron chi connectivity index (χ3n) is 8.69. The van der Waals surface area contributed by atoms with Crippen LogP contribution in [0.15, 0.2) is 54.6 Å². The zero-order valence-electron chi connectivity index (χ0n) is 20.9. The molecule has 36 heavy (non-hydrogen) atoms. The van der Waals surface area contributed by atoms with E-state index < -0.39 is 0 Å². The summed E-state index contributed by atoms with van der Waals surface area (Å²) >= 11 is 0. The summed E-state index contributed by atoms with van der Waals surface area (Å²) in [7, 11) is 0. The van der Waals surface area contributed by atoms with Gasteiger partial charge in [0.25, 0.3) is 5.91 Å². The molecule has 6 rings (SSSR count). The van der Waals surface area contributed by atoms with E-state index in [1.807, 2.05) is 34.1 Å². The Kier molecular flexibility index (Phi) is 6.40. The van der Waals surface area contributed by atoms with Crippen LogP contribution in [0.3, 0.4) is 0 Å². The van der Waals surface area contributed by atoms with Crippen molar-refractivity contribution < 1.29 is 14.3 Å². The number of carbonyl (C=O) groups is 2. The molecule has 6 heteroatoms. The Labute approximate surface area is 212 Å². The van der Waals surface area contributed by atoms with Gasteiger partial charge in [0.1, 0.15) is 0 Å². The Morgan fingerprint density at radius 3 is 2.11 bits per heavy atom. The highest BCUT2D eigenvalue weighted by molar-refractivity contribution is 6.18. The van der Waals surface area contributed by atoms with Crippen LogP contribution in [0.2, 0.25) is 0 Å². The molecule has 1 N–H and O–H groups in total. The molecule has 2 amide bonds. The van der Waals surface area contributed by atoms with Gasteiger partial charge >= 0.3 is 0 Å². The average molecular weight is 486 g/mol. The van der Waals surface area contributed by atoms with Gasteiger partial charge in [0.15, 0.2) is 0 Å². The first-order chi connectivity index (χ1) is 17.7. The van der Waals surface area contributed by atoms with Crippen LogP contribution in [-0.4, -0.2) is 74.1 Å². The maximum Gasteiger partial charge on any atom is 0.255 e. The van der Waals surface area contributed by atoms with Crippen LogP contribution in [-0.2, 0) is 9.53 Å². The lowest BCUT2D eigenvalue weighted by Crippen LogP contribution is -2.59. The number of piperidine rings is 2. The number of hydrogen-bond acceptors (Lipinski definition) is 4. The number of rotatable bonds is 3. The van der Waals surface area contributed by atoms with Crippen LogP contribution in [0.4, 0.5) is 0 Å². The first-order valence-electron chi connectivity index (χ1n) is 13.4. The molecule has 3 heterocycles. The quantitative estimate of drug-likeness (QED) is 0.568. The second-order valence-electron chi connectivity index (χ2n) is 10.6. The molecular formula is C30H35N3O3. The van der Waals surface area contributed by atoms with E-state index in [4.69, 9.17) is 4.74 Å². The number of carbonyl (C=O) groups excluding carboxylic acids is 2. The minimum atomic E-state index is -0.364. The van der Waals surface area contributed by atoms with Crippen molar-refractivity contribution in [1.29, 1.82) is 0 Å². The number of nitrogens with zero attached hydrogens (tertiary/aromatic N) is 2. The number of amides is 2. The van der Waals surface area contributed by atoms with Gasteiger partial charge in [0.2, 0.25) is 5.91 Å². The fraction of sp³-hybridized carbons (Fsp3) is 0.467. The smallest absolute Gasteiger partial charge is 0.255 e. The number of fused-ring (bicyclic) bond motifs is 2. The minimum absolute atomic E-state index is 0.108. The molecule has 6 nitrogen and oxygen atoms in total. The topological polar surface area (TPSA) is 61.9 Å². The number of likely N-dealkylation sites (tertiary alicyclic amines) is 1. The molecule has 3 saturated heterocycles. The van der Waals surface area contributed by atoms with Crippen molar-refractivity contribution in [1.82, 2.24) is 15.1 Å². The molecule has 3 aromatic rings. The molecule has 0 unspecified atom stereocenters. The maximum atomic E-state index is 14.0. The van der Waals surface area contributed by atoms with Gasteiger partial charge in [-0.05, 0) is 65.8 Å². The summed E-state index contributed by atoms with van der Waals surface area (Å²) in [6.45, 7) is 5.73. The summed E-state index contributed by atoms with van der Waals surface area (Å²) in [4.78, 5) is 31.9. The molecule has 1 atom stereocenters. The first-order valence-corrected chi connectivity index (χ1v) is 13.4. The number of nitrogens with one attached hydrogen (secondary N) is 1. The van der Waals surface area contributed by atoms with Gasteiger partial charge in [-0.1, -0.05) is 48.5 Å². The van der Waals surface area contributed by atoms with Crippen molar-refractivity contribution >= 4 is 33.4 Å². The lowest BCUT2D eigenvalue weighted by molar-refractivity contribution is -0.152. The Hall–Kier alpha value is -2.96. The number of morpholine rings is 1. The molecule has 0 spiro atoms. The number of benzene rings is 3. The zero-order valence-corrected chi connectivity index (χ0v) is 20.9. The van der Waals surface area contributed by atoms with Gasteiger partial charge in [-0.2, -0.15) is 0 Å². The minimum Gasteiger partial charge on any atom is -0.378 e. The molecule has 3 aromatic carbocycles. The van der Waals surface area contributed by atoms with Crippen molar-refractivity contribution in [2.24, 2.45) is 11.3 Å². The zero-order chi connectivity index (χ0) is 24.5. The van der Waals surface area contributed by atoms with Crippen LogP contribution in [0.1, 0.15) is 36.0 Å². The largest absolute Gasteiger partial charge is 0.378 e. The van der Waals surface area contributed by atoms with Crippen LogP contribution < -0.4 is 5.32 Å². The predicted octanol–water partition coefficient (Wildman–Crippen LogP) is 4.07. The van der Waals surface area contributed by atoms with Gasteiger partial charge in [-0.25, -0.2) is 0 Å². The van der Waals surface area contributed by atoms with Gasteiger partial charge in [0.05, 0.1) is 24.2 Å². The normalized spacial score (nSPS) is 23.8. The first kappa shape index (κ1) is 23.4. The van der Waals surface area contributed by atoms with E-state index in [-0.39, 0.29) is 17.2 Å². The van der Waals surface area contributed by atoms with Crippen molar-refractivity contribution in [3.8, 4) is 0 Å². The van der Waals surface area contributed by atoms with Crippen molar-refractivity contribution in [3.63, 3.8) is 0 Å². The Bertz CT molecular complexity index is 1210. The third-order valence-corrected chi connectivity index (χ3v) is 8.69. The lowest BCUT2D eigenvalue weighted by atomic mass is 9.65. The molecule has 0 aromatic heterocycles. The molecule has 3 aliphatic rings. The maximum absolute atomic E-state index is 14.0. The van der Waals surface area contributed by atoms with Gasteiger partial charge in [0, 0.05) is 32.7 Å². The molecule has 188 valence electrons. The molecule has 3 fully saturated rings. The van der Waals surface area contributed by atoms with E-state index in [1.54, 1.807) is 0 Å². The van der Waals surface area contributed by atoms with Gasteiger partial charge in [-0.15, -0.1) is 0 Å². The summed E-state index contributed by atoms with van der Waals surface area (Å²) < 4.78 is 5.51. The van der Waals surface area contributed by atoms with Gasteiger partial charge in [-0.3, -0.25) is 9.59 Å². The molecule has 0 bridgehead atoms. The van der Waals surface area contributed by atoms with E-state index in [0.717, 1.165) is 65.9 Å². The Morgan fingerprint density at radius 1 is 0.861 bits per heavy atom. The standard InChI is InChI=1S/C30H35N3O3/c34-28(27-25-8-3-1-6-22(25)20-23-7-2-4-9-26(23)27)32-14-10-24(11-15-32)30(12-5-13-31-21-30)29(35)33-16-18-36-19-17-33/h1-4,6-9,20,24,31H,5,10-19,21H2/t30-/m0/s1. The third kappa shape index (κ3) is 4.06. The summed E-state index contributed by atoms with van der Waals surface area (Å²) in [6, 6.07) is 18.5. The van der Waals surface area contributed by atoms with Crippen LogP contribution >= 0.6 is 0 Å². The lowest BCUT2D eigenvalue weighted by Gasteiger charge is -2.48. The molecule has 3 aliphatic heterocycles. The highest BCUT2D eigenvalue weighted by Gasteiger charge is 2.49. The predicted molar refractivity (Wildman–Crippen MR) is 142 cm³/mol. The van der Waals surface area contributed by atoms with E-state index in [0.29, 0.717) is 45.3 Å². The van der Waals surface area contributed by atoms with E-state index in [9.17, 15) is 9.59 Å². The fourth-order valence-electron chi connectivity index (χ4n) is 6.75. The Balaban J connectivity index is 1.26. The second-order valence-corrected chi connectivity index (χ2v) is 10.6. The highest BCUT2D eigenvalue weighted by atomic mass is 16.5. The summed E-state index contributed by atoms with van der Waals surface area (Å²) in [5, 5.41) is 7.75. The average Bonchev–Trinajstić information content (AvgIpc) is 2.96. The monoisotopic (exact) mass is 485 g/mol. The summed E-state index contributed by atoms with van der Waals surface area (Å²) in [5.41, 5.74) is 0.442. The molecular weight excluding hydrogens is 450 g/mol. The van der Waals surface area contributed by atoms with E-state index in [2.05, 4.69) is 35.6 Å². The van der Waals surface area contributed by atoms with Crippen molar-refractivity contribution in [2.75, 3.05) is 52.5 Å². The van der Waals surface area contributed by atoms with Gasteiger partial charge < -0.3 is 19.9 Å². The number of hydrogen-bond donors (Lipinski definition) is 1. The number of ether oxygens (including phenoxy) is 1. The fourth-order valence-corrected chi connectivity index (χ4v) is 6.75. The van der Waals surface area contributed by atoms with E-state index >= 15 is 0 Å². The summed E-state index contributed by atoms with van der Waals surface area (Å²) in [5.74, 6) is 0.688. The van der Waals surface area contributed by atoms with E-state index in [1.165, 1.54) is 0 Å². The van der Waals surface area contributed by atoms with Crippen LogP contribution in [0.25, 0.3) is 21.5 Å². The van der Waals surface area contributed by atoms with Crippen molar-refractivity contribution in [3.05, 3.63) is 60.2 Å². The molecule has 0 saturated carbocycles. The van der Waals surface area contributed by atoms with Crippen molar-refractivity contribution in [2.45, 2.75) is 25.7 Å². The van der Waals surface area contributed by atoms with Crippen LogP contribution in [0, 0.1) is 11.3 Å². The SMILES string of the molecule is O=C(c1c2ccccc2cc2ccccc12)N1CCC([C@]2(C(=O)N3CCOCC3)CCCNC2)CC1. The highest BCUT2D eigenvalue weighted by Crippen LogP contribution is 2.43. The molecule has 0 radical (unpaired) electrons. The summed E-state index contributed by atoms with van der Waals surface area (Å²) in [6.07, 6.45) is 3.69. The second kappa shape index (κ2) is 9.83. The Morgan fingerprint density at radius 2 is 1.50 bits per heavy atom. The van der Waals surface area contributed by atoms with Crippen LogP contribution in [0.5, 0.6) is 0 Å². The molecule has 0 aliphatic carbocycles.